The summed E-state index contributed by atoms with van der Waals surface area (Å²) in [4.78, 5) is 5.98. The van der Waals surface area contributed by atoms with Crippen LogP contribution in [0.4, 0.5) is 24.8 Å². The number of fused-ring (bicyclic) bond motifs is 3. The van der Waals surface area contributed by atoms with Gasteiger partial charge < -0.3 is 20.7 Å². The SMILES string of the molecule is Nc1nc2c(cc1C(F)(F)F)COC[C@H]1CNCCN21. The molecule has 1 aromatic rings. The minimum absolute atomic E-state index is 0.0774. The van der Waals surface area contributed by atoms with Gasteiger partial charge in [-0.1, -0.05) is 0 Å². The van der Waals surface area contributed by atoms with Crippen molar-refractivity contribution in [3.8, 4) is 0 Å². The lowest BCUT2D eigenvalue weighted by Crippen LogP contribution is -2.53. The molecule has 2 aliphatic rings. The van der Waals surface area contributed by atoms with Crippen molar-refractivity contribution in [1.29, 1.82) is 0 Å². The average molecular weight is 288 g/mol. The van der Waals surface area contributed by atoms with Crippen molar-refractivity contribution >= 4 is 11.6 Å². The second-order valence-corrected chi connectivity index (χ2v) is 4.97. The molecule has 3 heterocycles. The summed E-state index contributed by atoms with van der Waals surface area (Å²) in [6, 6.07) is 1.14. The Hall–Kier alpha value is -1.54. The molecule has 0 bridgehead atoms. The topological polar surface area (TPSA) is 63.4 Å². The largest absolute Gasteiger partial charge is 0.419 e. The molecule has 0 unspecified atom stereocenters. The molecule has 1 fully saturated rings. The Morgan fingerprint density at radius 1 is 1.45 bits per heavy atom. The van der Waals surface area contributed by atoms with Crippen LogP contribution in [-0.2, 0) is 17.5 Å². The number of hydrogen-bond acceptors (Lipinski definition) is 5. The molecule has 0 spiro atoms. The number of nitrogens with two attached hydrogens (primary N) is 1. The molecule has 1 saturated heterocycles. The van der Waals surface area contributed by atoms with Crippen molar-refractivity contribution in [3.63, 3.8) is 0 Å². The Balaban J connectivity index is 2.06. The number of aromatic nitrogens is 1. The maximum Gasteiger partial charge on any atom is 0.419 e. The fourth-order valence-electron chi connectivity index (χ4n) is 2.63. The van der Waals surface area contributed by atoms with Crippen molar-refractivity contribution in [2.75, 3.05) is 36.9 Å². The van der Waals surface area contributed by atoms with Crippen molar-refractivity contribution in [3.05, 3.63) is 17.2 Å². The van der Waals surface area contributed by atoms with Crippen LogP contribution in [0.15, 0.2) is 6.07 Å². The maximum atomic E-state index is 12.9. The van der Waals surface area contributed by atoms with E-state index in [1.165, 1.54) is 0 Å². The molecular weight excluding hydrogens is 273 g/mol. The van der Waals surface area contributed by atoms with Crippen LogP contribution in [-0.4, -0.2) is 37.3 Å². The average Bonchev–Trinajstić information content (AvgIpc) is 2.56. The Morgan fingerprint density at radius 2 is 2.25 bits per heavy atom. The molecule has 0 amide bonds. The predicted octanol–water partition coefficient (Wildman–Crippen LogP) is 0.991. The van der Waals surface area contributed by atoms with Crippen molar-refractivity contribution < 1.29 is 17.9 Å². The lowest BCUT2D eigenvalue weighted by atomic mass is 10.1. The third-order valence-electron chi connectivity index (χ3n) is 3.60. The molecule has 110 valence electrons. The van der Waals surface area contributed by atoms with Crippen LogP contribution in [0, 0.1) is 0 Å². The number of nitrogens with one attached hydrogen (secondary N) is 1. The zero-order valence-corrected chi connectivity index (χ0v) is 10.7. The summed E-state index contributed by atoms with van der Waals surface area (Å²) in [6.07, 6.45) is -4.50. The first-order chi connectivity index (χ1) is 9.47. The molecule has 0 aromatic carbocycles. The van der Waals surface area contributed by atoms with Gasteiger partial charge >= 0.3 is 6.18 Å². The van der Waals surface area contributed by atoms with Gasteiger partial charge in [0.2, 0.25) is 0 Å². The second-order valence-electron chi connectivity index (χ2n) is 4.97. The number of ether oxygens (including phenoxy) is 1. The second kappa shape index (κ2) is 4.78. The third kappa shape index (κ3) is 2.29. The Bertz CT molecular complexity index is 520. The number of anilines is 2. The number of pyridine rings is 1. The molecule has 2 aliphatic heterocycles. The fourth-order valence-corrected chi connectivity index (χ4v) is 2.63. The highest BCUT2D eigenvalue weighted by Gasteiger charge is 2.37. The molecule has 3 rings (SSSR count). The highest BCUT2D eigenvalue weighted by molar-refractivity contribution is 5.57. The van der Waals surface area contributed by atoms with E-state index in [1.807, 2.05) is 4.90 Å². The molecule has 1 aromatic heterocycles. The quantitative estimate of drug-likeness (QED) is 0.745. The van der Waals surface area contributed by atoms with Crippen LogP contribution in [0.1, 0.15) is 11.1 Å². The minimum Gasteiger partial charge on any atom is -0.383 e. The van der Waals surface area contributed by atoms with Crippen LogP contribution in [0.2, 0.25) is 0 Å². The van der Waals surface area contributed by atoms with Gasteiger partial charge in [0.15, 0.2) is 0 Å². The van der Waals surface area contributed by atoms with E-state index in [-0.39, 0.29) is 12.6 Å². The first-order valence-corrected chi connectivity index (χ1v) is 6.38. The Labute approximate surface area is 113 Å². The molecule has 3 N–H and O–H groups in total. The number of nitrogen functional groups attached to an aromatic ring is 1. The van der Waals surface area contributed by atoms with E-state index in [0.29, 0.717) is 24.5 Å². The summed E-state index contributed by atoms with van der Waals surface area (Å²) in [7, 11) is 0. The van der Waals surface area contributed by atoms with Gasteiger partial charge in [-0.3, -0.25) is 0 Å². The number of alkyl halides is 3. The van der Waals surface area contributed by atoms with E-state index in [4.69, 9.17) is 10.5 Å². The lowest BCUT2D eigenvalue weighted by Gasteiger charge is -2.36. The van der Waals surface area contributed by atoms with Gasteiger partial charge in [0, 0.05) is 25.2 Å². The Kier molecular flexibility index (Phi) is 3.21. The van der Waals surface area contributed by atoms with Crippen molar-refractivity contribution in [2.24, 2.45) is 0 Å². The van der Waals surface area contributed by atoms with Gasteiger partial charge in [0.25, 0.3) is 0 Å². The van der Waals surface area contributed by atoms with Crippen LogP contribution >= 0.6 is 0 Å². The molecule has 20 heavy (non-hydrogen) atoms. The van der Waals surface area contributed by atoms with Crippen LogP contribution in [0.25, 0.3) is 0 Å². The fraction of sp³-hybridized carbons (Fsp3) is 0.583. The van der Waals surface area contributed by atoms with E-state index >= 15 is 0 Å². The number of piperazine rings is 1. The van der Waals surface area contributed by atoms with E-state index in [0.717, 1.165) is 19.2 Å². The first kappa shape index (κ1) is 13.4. The Morgan fingerprint density at radius 3 is 3.00 bits per heavy atom. The van der Waals surface area contributed by atoms with Crippen LogP contribution in [0.3, 0.4) is 0 Å². The third-order valence-corrected chi connectivity index (χ3v) is 3.60. The van der Waals surface area contributed by atoms with Gasteiger partial charge in [0.05, 0.1) is 24.8 Å². The van der Waals surface area contributed by atoms with E-state index < -0.39 is 17.6 Å². The van der Waals surface area contributed by atoms with Gasteiger partial charge in [-0.2, -0.15) is 13.2 Å². The predicted molar refractivity (Wildman–Crippen MR) is 67.3 cm³/mol. The summed E-state index contributed by atoms with van der Waals surface area (Å²) in [5, 5.41) is 3.23. The minimum atomic E-state index is -4.50. The number of hydrogen-bond donors (Lipinski definition) is 2. The van der Waals surface area contributed by atoms with Crippen molar-refractivity contribution in [1.82, 2.24) is 10.3 Å². The van der Waals surface area contributed by atoms with Crippen LogP contribution in [0.5, 0.6) is 0 Å². The smallest absolute Gasteiger partial charge is 0.383 e. The van der Waals surface area contributed by atoms with Gasteiger partial charge in [-0.05, 0) is 6.07 Å². The standard InChI is InChI=1S/C12H15F3N4O/c13-12(14,15)9-3-7-5-20-6-8-4-17-1-2-19(8)11(7)18-10(9)16/h3,8,17H,1-2,4-6H2,(H2,16,18)/t8-/m1/s1. The van der Waals surface area contributed by atoms with E-state index in [1.54, 1.807) is 0 Å². The first-order valence-electron chi connectivity index (χ1n) is 6.38. The maximum absolute atomic E-state index is 12.9. The number of halogens is 3. The summed E-state index contributed by atoms with van der Waals surface area (Å²) in [6.45, 7) is 2.75. The summed E-state index contributed by atoms with van der Waals surface area (Å²) in [5.74, 6) is 0.0370. The highest BCUT2D eigenvalue weighted by atomic mass is 19.4. The molecule has 0 aliphatic carbocycles. The van der Waals surface area contributed by atoms with Crippen LogP contribution < -0.4 is 16.0 Å². The molecule has 8 heteroatoms. The zero-order valence-electron chi connectivity index (χ0n) is 10.7. The van der Waals surface area contributed by atoms with E-state index in [9.17, 15) is 13.2 Å². The number of rotatable bonds is 0. The molecule has 5 nitrogen and oxygen atoms in total. The van der Waals surface area contributed by atoms with E-state index in [2.05, 4.69) is 10.3 Å². The lowest BCUT2D eigenvalue weighted by molar-refractivity contribution is -0.137. The molecular formula is C12H15F3N4O. The molecule has 0 radical (unpaired) electrons. The van der Waals surface area contributed by atoms with Gasteiger partial charge in [0.1, 0.15) is 11.6 Å². The highest BCUT2D eigenvalue weighted by Crippen LogP contribution is 2.37. The number of nitrogens with zero attached hydrogens (tertiary/aromatic N) is 2. The van der Waals surface area contributed by atoms with Gasteiger partial charge in [-0.15, -0.1) is 0 Å². The normalized spacial score (nSPS) is 22.9. The molecule has 0 saturated carbocycles. The summed E-state index contributed by atoms with van der Waals surface area (Å²) in [5.41, 5.74) is 5.04. The van der Waals surface area contributed by atoms with Crippen molar-refractivity contribution in [2.45, 2.75) is 18.8 Å². The zero-order chi connectivity index (χ0) is 14.3. The molecule has 1 atom stereocenters. The summed E-state index contributed by atoms with van der Waals surface area (Å²) < 4.78 is 44.1. The monoisotopic (exact) mass is 288 g/mol. The van der Waals surface area contributed by atoms with Gasteiger partial charge in [-0.25, -0.2) is 4.98 Å². The summed E-state index contributed by atoms with van der Waals surface area (Å²) >= 11 is 0.